The molecule has 0 saturated carbocycles. The zero-order chi connectivity index (χ0) is 13.8. The molecule has 0 bridgehead atoms. The van der Waals surface area contributed by atoms with Crippen LogP contribution in [0.2, 0.25) is 0 Å². The largest absolute Gasteiger partial charge is 0.350 e. The summed E-state index contributed by atoms with van der Waals surface area (Å²) >= 11 is 0. The van der Waals surface area contributed by atoms with Gasteiger partial charge in [0.2, 0.25) is 5.91 Å². The molecule has 4 nitrogen and oxygen atoms in total. The Bertz CT molecular complexity index is 265. The third-order valence-electron chi connectivity index (χ3n) is 3.57. The van der Waals surface area contributed by atoms with Crippen LogP contribution in [-0.4, -0.2) is 49.1 Å². The van der Waals surface area contributed by atoms with Crippen molar-refractivity contribution in [1.29, 1.82) is 0 Å². The second-order valence-corrected chi connectivity index (χ2v) is 6.45. The summed E-state index contributed by atoms with van der Waals surface area (Å²) in [5.41, 5.74) is -0.143. The van der Waals surface area contributed by atoms with E-state index in [1.807, 2.05) is 34.7 Å². The summed E-state index contributed by atoms with van der Waals surface area (Å²) in [5.74, 6) is 0.915. The number of piperidine rings is 1. The summed E-state index contributed by atoms with van der Waals surface area (Å²) in [4.78, 5) is 14.4. The van der Waals surface area contributed by atoms with E-state index in [1.54, 1.807) is 0 Å². The molecule has 1 rings (SSSR count). The number of carbonyl (C=O) groups is 1. The minimum Gasteiger partial charge on any atom is -0.350 e. The highest BCUT2D eigenvalue weighted by Crippen LogP contribution is 2.18. The fraction of sp³-hybridized carbons (Fsp3) is 0.929. The maximum Gasteiger partial charge on any atom is 0.237 e. The van der Waals surface area contributed by atoms with Crippen molar-refractivity contribution >= 4 is 5.91 Å². The van der Waals surface area contributed by atoms with E-state index >= 15 is 0 Å². The third kappa shape index (κ3) is 4.94. The van der Waals surface area contributed by atoms with Crippen LogP contribution in [0.4, 0.5) is 0 Å². The molecule has 1 heterocycles. The van der Waals surface area contributed by atoms with E-state index in [1.165, 1.54) is 12.8 Å². The van der Waals surface area contributed by atoms with Crippen molar-refractivity contribution in [3.05, 3.63) is 0 Å². The van der Waals surface area contributed by atoms with Crippen molar-refractivity contribution in [2.45, 2.75) is 52.1 Å². The summed E-state index contributed by atoms with van der Waals surface area (Å²) < 4.78 is 0. The second-order valence-electron chi connectivity index (χ2n) is 6.45. The van der Waals surface area contributed by atoms with E-state index in [2.05, 4.69) is 15.5 Å². The summed E-state index contributed by atoms with van der Waals surface area (Å²) in [6.45, 7) is 11.2. The Morgan fingerprint density at radius 2 is 1.89 bits per heavy atom. The van der Waals surface area contributed by atoms with Crippen molar-refractivity contribution < 1.29 is 4.79 Å². The van der Waals surface area contributed by atoms with Crippen molar-refractivity contribution in [3.63, 3.8) is 0 Å². The van der Waals surface area contributed by atoms with Crippen LogP contribution in [0.15, 0.2) is 0 Å². The average Bonchev–Trinajstić information content (AvgIpc) is 2.27. The lowest BCUT2D eigenvalue weighted by atomic mass is 9.95. The summed E-state index contributed by atoms with van der Waals surface area (Å²) in [6, 6.07) is -0.0141. The van der Waals surface area contributed by atoms with Gasteiger partial charge >= 0.3 is 0 Å². The van der Waals surface area contributed by atoms with Gasteiger partial charge in [0.05, 0.1) is 6.04 Å². The number of hydrogen-bond acceptors (Lipinski definition) is 3. The Balaban J connectivity index is 2.40. The maximum absolute atomic E-state index is 12.1. The Kier molecular flexibility index (Phi) is 5.60. The number of carbonyl (C=O) groups excluding carboxylic acids is 1. The van der Waals surface area contributed by atoms with Crippen molar-refractivity contribution in [2.24, 2.45) is 5.92 Å². The molecule has 0 aromatic heterocycles. The first-order chi connectivity index (χ1) is 8.33. The number of likely N-dealkylation sites (tertiary alicyclic amines) is 1. The average molecular weight is 255 g/mol. The van der Waals surface area contributed by atoms with Gasteiger partial charge in [0.15, 0.2) is 0 Å². The lowest BCUT2D eigenvalue weighted by Crippen LogP contribution is -2.53. The van der Waals surface area contributed by atoms with E-state index in [0.29, 0.717) is 0 Å². The summed E-state index contributed by atoms with van der Waals surface area (Å²) in [7, 11) is 2.01. The number of hydrogen-bond donors (Lipinski definition) is 2. The first-order valence-electron chi connectivity index (χ1n) is 7.04. The van der Waals surface area contributed by atoms with Crippen LogP contribution in [0, 0.1) is 5.92 Å². The van der Waals surface area contributed by atoms with Gasteiger partial charge in [-0.15, -0.1) is 0 Å². The van der Waals surface area contributed by atoms with E-state index in [0.717, 1.165) is 25.6 Å². The third-order valence-corrected chi connectivity index (χ3v) is 3.57. The van der Waals surface area contributed by atoms with Gasteiger partial charge in [-0.2, -0.15) is 0 Å². The van der Waals surface area contributed by atoms with Crippen LogP contribution in [0.5, 0.6) is 0 Å². The zero-order valence-corrected chi connectivity index (χ0v) is 12.5. The monoisotopic (exact) mass is 255 g/mol. The molecule has 0 radical (unpaired) electrons. The molecule has 0 spiro atoms. The van der Waals surface area contributed by atoms with Gasteiger partial charge in [-0.05, 0) is 73.1 Å². The molecule has 1 atom stereocenters. The molecule has 4 heteroatoms. The molecule has 0 aromatic carbocycles. The molecule has 18 heavy (non-hydrogen) atoms. The van der Waals surface area contributed by atoms with Crippen molar-refractivity contribution in [1.82, 2.24) is 15.5 Å². The maximum atomic E-state index is 12.1. The minimum atomic E-state index is -0.143. The second kappa shape index (κ2) is 6.53. The zero-order valence-electron chi connectivity index (χ0n) is 12.5. The first-order valence-corrected chi connectivity index (χ1v) is 7.04. The van der Waals surface area contributed by atoms with Crippen LogP contribution >= 0.6 is 0 Å². The smallest absolute Gasteiger partial charge is 0.237 e. The molecular formula is C14H29N3O. The lowest BCUT2D eigenvalue weighted by Gasteiger charge is -2.36. The molecule has 1 fully saturated rings. The van der Waals surface area contributed by atoms with Crippen molar-refractivity contribution in [2.75, 3.05) is 26.7 Å². The predicted octanol–water partition coefficient (Wildman–Crippen LogP) is 1.22. The van der Waals surface area contributed by atoms with Gasteiger partial charge in [0.1, 0.15) is 0 Å². The highest BCUT2D eigenvalue weighted by Gasteiger charge is 2.27. The molecule has 1 aliphatic heterocycles. The van der Waals surface area contributed by atoms with Crippen LogP contribution in [0.1, 0.15) is 40.5 Å². The minimum absolute atomic E-state index is 0.0141. The number of nitrogens with one attached hydrogen (secondary N) is 2. The topological polar surface area (TPSA) is 44.4 Å². The molecule has 1 aliphatic rings. The normalized spacial score (nSPS) is 20.7. The quantitative estimate of drug-likeness (QED) is 0.794. The van der Waals surface area contributed by atoms with Crippen LogP contribution in [0.25, 0.3) is 0 Å². The number of rotatable bonds is 4. The van der Waals surface area contributed by atoms with Crippen LogP contribution in [0.3, 0.4) is 0 Å². The summed E-state index contributed by atoms with van der Waals surface area (Å²) in [5, 5.41) is 6.30. The van der Waals surface area contributed by atoms with E-state index in [-0.39, 0.29) is 17.5 Å². The Morgan fingerprint density at radius 1 is 1.33 bits per heavy atom. The Labute approximate surface area is 111 Å². The molecule has 1 unspecified atom stereocenters. The van der Waals surface area contributed by atoms with Gasteiger partial charge in [-0.1, -0.05) is 0 Å². The Hall–Kier alpha value is -0.610. The Morgan fingerprint density at radius 3 is 2.33 bits per heavy atom. The molecule has 0 aromatic rings. The van der Waals surface area contributed by atoms with E-state index in [4.69, 9.17) is 0 Å². The molecule has 1 saturated heterocycles. The number of nitrogens with zero attached hydrogens (tertiary/aromatic N) is 1. The fourth-order valence-electron chi connectivity index (χ4n) is 2.47. The highest BCUT2D eigenvalue weighted by molar-refractivity contribution is 5.81. The number of amides is 1. The van der Waals surface area contributed by atoms with Crippen LogP contribution in [-0.2, 0) is 4.79 Å². The summed E-state index contributed by atoms with van der Waals surface area (Å²) in [6.07, 6.45) is 2.38. The molecule has 1 amide bonds. The molecule has 2 N–H and O–H groups in total. The van der Waals surface area contributed by atoms with Gasteiger partial charge < -0.3 is 10.6 Å². The van der Waals surface area contributed by atoms with Gasteiger partial charge in [0.25, 0.3) is 0 Å². The van der Waals surface area contributed by atoms with E-state index in [9.17, 15) is 4.79 Å². The first kappa shape index (κ1) is 15.4. The fourth-order valence-corrected chi connectivity index (χ4v) is 2.47. The van der Waals surface area contributed by atoms with Gasteiger partial charge in [0, 0.05) is 5.54 Å². The van der Waals surface area contributed by atoms with Gasteiger partial charge in [-0.3, -0.25) is 9.69 Å². The van der Waals surface area contributed by atoms with E-state index < -0.39 is 0 Å². The molecule has 0 aliphatic carbocycles. The molecular weight excluding hydrogens is 226 g/mol. The SMILES string of the molecule is CNCC1CCN(C(C)C(=O)NC(C)(C)C)CC1. The highest BCUT2D eigenvalue weighted by atomic mass is 16.2. The lowest BCUT2D eigenvalue weighted by molar-refractivity contribution is -0.127. The van der Waals surface area contributed by atoms with Crippen LogP contribution < -0.4 is 10.6 Å². The predicted molar refractivity (Wildman–Crippen MR) is 75.6 cm³/mol. The van der Waals surface area contributed by atoms with Crippen molar-refractivity contribution in [3.8, 4) is 0 Å². The standard InChI is InChI=1S/C14H29N3O/c1-11(13(18)16-14(2,3)4)17-8-6-12(7-9-17)10-15-5/h11-12,15H,6-10H2,1-5H3,(H,16,18). The molecule has 106 valence electrons. The van der Waals surface area contributed by atoms with Gasteiger partial charge in [-0.25, -0.2) is 0 Å².